The summed E-state index contributed by atoms with van der Waals surface area (Å²) in [6, 6.07) is 0. The molecule has 0 aromatic carbocycles. The lowest BCUT2D eigenvalue weighted by atomic mass is 10.0. The zero-order valence-corrected chi connectivity index (χ0v) is 9.68. The molecule has 0 unspecified atom stereocenters. The van der Waals surface area contributed by atoms with Crippen molar-refractivity contribution in [3.63, 3.8) is 0 Å². The van der Waals surface area contributed by atoms with Crippen LogP contribution in [-0.2, 0) is 14.3 Å². The molecule has 8 heteroatoms. The van der Waals surface area contributed by atoms with E-state index in [9.17, 15) is 24.9 Å². The Labute approximate surface area is 103 Å². The van der Waals surface area contributed by atoms with Gasteiger partial charge in [0, 0.05) is 5.57 Å². The first-order chi connectivity index (χ1) is 8.19. The van der Waals surface area contributed by atoms with Gasteiger partial charge in [0.2, 0.25) is 0 Å². The summed E-state index contributed by atoms with van der Waals surface area (Å²) in [4.78, 5) is 21.8. The summed E-state index contributed by atoms with van der Waals surface area (Å²) in [5.41, 5.74) is -0.153. The van der Waals surface area contributed by atoms with Crippen LogP contribution in [0.15, 0.2) is 12.2 Å². The molecule has 0 bridgehead atoms. The molecule has 0 radical (unpaired) electrons. The SMILES string of the molecule is C=C(C)C(=O)O[C@](O)(C=O)[C@@H](O)[C@H](O)[C@H](O)CO. The summed E-state index contributed by atoms with van der Waals surface area (Å²) in [7, 11) is 0. The van der Waals surface area contributed by atoms with E-state index < -0.39 is 36.7 Å². The van der Waals surface area contributed by atoms with Crippen molar-refractivity contribution in [3.05, 3.63) is 12.2 Å². The second kappa shape index (κ2) is 6.57. The summed E-state index contributed by atoms with van der Waals surface area (Å²) < 4.78 is 4.27. The van der Waals surface area contributed by atoms with Gasteiger partial charge in [-0.2, -0.15) is 0 Å². The lowest BCUT2D eigenvalue weighted by Crippen LogP contribution is -2.57. The molecule has 104 valence electrons. The molecule has 0 amide bonds. The number of carbonyl (C=O) groups is 2. The van der Waals surface area contributed by atoms with Crippen LogP contribution in [0, 0.1) is 0 Å². The fraction of sp³-hybridized carbons (Fsp3) is 0.600. The second-order valence-corrected chi connectivity index (χ2v) is 3.72. The summed E-state index contributed by atoms with van der Waals surface area (Å²) in [5.74, 6) is -4.22. The van der Waals surface area contributed by atoms with E-state index in [1.807, 2.05) is 0 Å². The van der Waals surface area contributed by atoms with E-state index in [0.717, 1.165) is 0 Å². The van der Waals surface area contributed by atoms with Crippen molar-refractivity contribution in [1.82, 2.24) is 0 Å². The van der Waals surface area contributed by atoms with Gasteiger partial charge in [-0.25, -0.2) is 4.79 Å². The topological polar surface area (TPSA) is 145 Å². The summed E-state index contributed by atoms with van der Waals surface area (Å²) in [5, 5.41) is 45.9. The van der Waals surface area contributed by atoms with E-state index in [-0.39, 0.29) is 11.9 Å². The zero-order valence-electron chi connectivity index (χ0n) is 9.68. The van der Waals surface area contributed by atoms with Crippen molar-refractivity contribution in [3.8, 4) is 0 Å². The minimum atomic E-state index is -3.05. The Hall–Kier alpha value is -1.32. The lowest BCUT2D eigenvalue weighted by Gasteiger charge is -2.31. The highest BCUT2D eigenvalue weighted by atomic mass is 16.7. The van der Waals surface area contributed by atoms with E-state index in [2.05, 4.69) is 11.3 Å². The molecule has 0 fully saturated rings. The Bertz CT molecular complexity index is 328. The Kier molecular flexibility index (Phi) is 6.09. The monoisotopic (exact) mass is 264 g/mol. The maximum Gasteiger partial charge on any atom is 0.336 e. The first kappa shape index (κ1) is 16.7. The number of esters is 1. The largest absolute Gasteiger partial charge is 0.419 e. The fourth-order valence-corrected chi connectivity index (χ4v) is 0.953. The average Bonchev–Trinajstić information content (AvgIpc) is 2.35. The molecule has 4 atom stereocenters. The number of ether oxygens (including phenoxy) is 1. The molecule has 0 rings (SSSR count). The average molecular weight is 264 g/mol. The molecule has 0 aromatic rings. The predicted molar refractivity (Wildman–Crippen MR) is 57.0 cm³/mol. The van der Waals surface area contributed by atoms with Crippen molar-refractivity contribution < 1.29 is 39.9 Å². The van der Waals surface area contributed by atoms with Gasteiger partial charge in [0.15, 0.2) is 12.4 Å². The van der Waals surface area contributed by atoms with Crippen molar-refractivity contribution >= 4 is 12.3 Å². The quantitative estimate of drug-likeness (QED) is 0.142. The van der Waals surface area contributed by atoms with Gasteiger partial charge >= 0.3 is 5.97 Å². The number of aliphatic hydroxyl groups excluding tert-OH is 4. The van der Waals surface area contributed by atoms with Crippen LogP contribution in [0.5, 0.6) is 0 Å². The van der Waals surface area contributed by atoms with Gasteiger partial charge in [0.25, 0.3) is 5.79 Å². The molecular weight excluding hydrogens is 248 g/mol. The molecule has 18 heavy (non-hydrogen) atoms. The van der Waals surface area contributed by atoms with Gasteiger partial charge in [-0.1, -0.05) is 6.58 Å². The summed E-state index contributed by atoms with van der Waals surface area (Å²) in [6.45, 7) is 3.50. The number of aliphatic hydroxyl groups is 5. The van der Waals surface area contributed by atoms with E-state index in [1.165, 1.54) is 6.92 Å². The highest BCUT2D eigenvalue weighted by Crippen LogP contribution is 2.17. The number of aldehydes is 1. The Morgan fingerprint density at radius 2 is 1.94 bits per heavy atom. The van der Waals surface area contributed by atoms with Crippen LogP contribution in [0.2, 0.25) is 0 Å². The third-order valence-electron chi connectivity index (χ3n) is 2.10. The molecule has 8 nitrogen and oxygen atoms in total. The van der Waals surface area contributed by atoms with Crippen molar-refractivity contribution in [2.75, 3.05) is 6.61 Å². The third-order valence-corrected chi connectivity index (χ3v) is 2.10. The number of carbonyl (C=O) groups excluding carboxylic acids is 2. The standard InChI is InChI=1S/C10H16O8/c1-5(2)9(16)18-10(17,4-12)8(15)7(14)6(13)3-11/h4,6-8,11,13-15,17H,1,3H2,2H3/t6-,7-,8+,10-/m1/s1. The number of rotatable bonds is 7. The van der Waals surface area contributed by atoms with Gasteiger partial charge in [0.1, 0.15) is 12.2 Å². The highest BCUT2D eigenvalue weighted by molar-refractivity contribution is 5.88. The summed E-state index contributed by atoms with van der Waals surface area (Å²) >= 11 is 0. The molecule has 0 saturated carbocycles. The van der Waals surface area contributed by atoms with Crippen molar-refractivity contribution in [2.24, 2.45) is 0 Å². The molecular formula is C10H16O8. The third kappa shape index (κ3) is 3.86. The minimum Gasteiger partial charge on any atom is -0.419 e. The Morgan fingerprint density at radius 1 is 1.44 bits per heavy atom. The van der Waals surface area contributed by atoms with Crippen LogP contribution in [0.1, 0.15) is 6.92 Å². The van der Waals surface area contributed by atoms with Gasteiger partial charge < -0.3 is 30.3 Å². The molecule has 0 aromatic heterocycles. The van der Waals surface area contributed by atoms with E-state index in [4.69, 9.17) is 10.2 Å². The lowest BCUT2D eigenvalue weighted by molar-refractivity contribution is -0.250. The molecule has 0 aliphatic heterocycles. The first-order valence-corrected chi connectivity index (χ1v) is 4.92. The van der Waals surface area contributed by atoms with Crippen LogP contribution in [-0.4, -0.2) is 68.5 Å². The highest BCUT2D eigenvalue weighted by Gasteiger charge is 2.46. The number of hydrogen-bond acceptors (Lipinski definition) is 8. The molecule has 0 heterocycles. The maximum absolute atomic E-state index is 11.1. The second-order valence-electron chi connectivity index (χ2n) is 3.72. The van der Waals surface area contributed by atoms with Crippen molar-refractivity contribution in [1.29, 1.82) is 0 Å². The Morgan fingerprint density at radius 3 is 2.28 bits per heavy atom. The van der Waals surface area contributed by atoms with Gasteiger partial charge in [-0.15, -0.1) is 0 Å². The molecule has 0 spiro atoms. The van der Waals surface area contributed by atoms with Crippen LogP contribution in [0.3, 0.4) is 0 Å². The summed E-state index contributed by atoms with van der Waals surface area (Å²) in [6.07, 6.45) is -6.56. The number of hydrogen-bond donors (Lipinski definition) is 5. The van der Waals surface area contributed by atoms with E-state index in [0.29, 0.717) is 0 Å². The zero-order chi connectivity index (χ0) is 14.5. The normalized spacial score (nSPS) is 19.2. The van der Waals surface area contributed by atoms with Gasteiger partial charge in [0.05, 0.1) is 6.61 Å². The predicted octanol–water partition coefficient (Wildman–Crippen LogP) is -2.93. The van der Waals surface area contributed by atoms with E-state index in [1.54, 1.807) is 0 Å². The molecule has 0 saturated heterocycles. The minimum absolute atomic E-state index is 0.153. The van der Waals surface area contributed by atoms with Crippen molar-refractivity contribution in [2.45, 2.75) is 31.0 Å². The van der Waals surface area contributed by atoms with Gasteiger partial charge in [-0.3, -0.25) is 4.79 Å². The first-order valence-electron chi connectivity index (χ1n) is 4.92. The van der Waals surface area contributed by atoms with Crippen LogP contribution >= 0.6 is 0 Å². The molecule has 0 aliphatic carbocycles. The van der Waals surface area contributed by atoms with Crippen LogP contribution in [0.25, 0.3) is 0 Å². The van der Waals surface area contributed by atoms with Crippen LogP contribution < -0.4 is 0 Å². The Balaban J connectivity index is 4.98. The molecule has 5 N–H and O–H groups in total. The van der Waals surface area contributed by atoms with Gasteiger partial charge in [-0.05, 0) is 6.92 Å². The van der Waals surface area contributed by atoms with E-state index >= 15 is 0 Å². The molecule has 0 aliphatic rings. The maximum atomic E-state index is 11.1. The fourth-order valence-electron chi connectivity index (χ4n) is 0.953. The van der Waals surface area contributed by atoms with Crippen LogP contribution in [0.4, 0.5) is 0 Å². The smallest absolute Gasteiger partial charge is 0.336 e.